The first-order valence-electron chi connectivity index (χ1n) is 6.45. The number of aromatic nitrogens is 1. The van der Waals surface area contributed by atoms with E-state index in [0.717, 1.165) is 11.4 Å². The Kier molecular flexibility index (Phi) is 5.22. The molecular formula is C15H18N4OS. The Labute approximate surface area is 129 Å². The van der Waals surface area contributed by atoms with Crippen LogP contribution >= 0.6 is 12.2 Å². The Morgan fingerprint density at radius 1 is 1.29 bits per heavy atom. The quantitative estimate of drug-likeness (QED) is 0.739. The normalized spacial score (nSPS) is 11.0. The van der Waals surface area contributed by atoms with Gasteiger partial charge in [-0.1, -0.05) is 0 Å². The second-order valence-corrected chi connectivity index (χ2v) is 4.72. The van der Waals surface area contributed by atoms with Crippen molar-refractivity contribution in [2.24, 2.45) is 5.73 Å². The molecule has 0 fully saturated rings. The van der Waals surface area contributed by atoms with E-state index in [1.807, 2.05) is 53.4 Å². The van der Waals surface area contributed by atoms with Gasteiger partial charge in [0.1, 0.15) is 0 Å². The maximum Gasteiger partial charge on any atom is 0.256 e. The van der Waals surface area contributed by atoms with Gasteiger partial charge in [0.2, 0.25) is 0 Å². The Morgan fingerprint density at radius 2 is 1.95 bits per heavy atom. The number of thiocarbonyl (C=S) groups is 1. The topological polar surface area (TPSA) is 64.2 Å². The minimum Gasteiger partial charge on any atom is -0.474 e. The summed E-state index contributed by atoms with van der Waals surface area (Å²) in [7, 11) is 1.51. The molecule has 21 heavy (non-hydrogen) atoms. The molecule has 0 aliphatic rings. The van der Waals surface area contributed by atoms with Gasteiger partial charge in [-0.05, 0) is 48.6 Å². The predicted molar refractivity (Wildman–Crippen MR) is 89.3 cm³/mol. The van der Waals surface area contributed by atoms with Crippen LogP contribution in [0.1, 0.15) is 0 Å². The lowest BCUT2D eigenvalue weighted by atomic mass is 10.3. The van der Waals surface area contributed by atoms with Crippen molar-refractivity contribution in [2.75, 3.05) is 19.0 Å². The average Bonchev–Trinajstić information content (AvgIpc) is 3.05. The molecule has 0 aliphatic carbocycles. The summed E-state index contributed by atoms with van der Waals surface area (Å²) in [6, 6.07) is 12.0. The fraction of sp³-hybridized carbons (Fsp3) is 0.133. The van der Waals surface area contributed by atoms with E-state index < -0.39 is 0 Å². The van der Waals surface area contributed by atoms with Crippen LogP contribution in [0, 0.1) is 0 Å². The first-order chi connectivity index (χ1) is 10.2. The summed E-state index contributed by atoms with van der Waals surface area (Å²) in [5.41, 5.74) is 8.54. The zero-order valence-corrected chi connectivity index (χ0v) is 12.6. The van der Waals surface area contributed by atoms with Crippen molar-refractivity contribution in [2.45, 2.75) is 0 Å². The molecule has 0 spiro atoms. The van der Waals surface area contributed by atoms with Crippen molar-refractivity contribution in [3.8, 4) is 5.69 Å². The van der Waals surface area contributed by atoms with Crippen LogP contribution in [0.3, 0.4) is 0 Å². The fourth-order valence-corrected chi connectivity index (χ4v) is 1.78. The Hall–Kier alpha value is -2.47. The molecule has 0 atom stereocenters. The van der Waals surface area contributed by atoms with Gasteiger partial charge < -0.3 is 25.7 Å². The van der Waals surface area contributed by atoms with Crippen molar-refractivity contribution in [3.63, 3.8) is 0 Å². The molecule has 1 aromatic heterocycles. The minimum atomic E-state index is 0.322. The molecule has 0 unspecified atom stereocenters. The second-order valence-electron chi connectivity index (χ2n) is 4.35. The maximum absolute atomic E-state index is 5.85. The summed E-state index contributed by atoms with van der Waals surface area (Å²) < 4.78 is 6.87. The Balaban J connectivity index is 1.90. The summed E-state index contributed by atoms with van der Waals surface area (Å²) in [6.07, 6.45) is 5.74. The van der Waals surface area contributed by atoms with E-state index in [1.54, 1.807) is 6.20 Å². The molecule has 6 heteroatoms. The van der Waals surface area contributed by atoms with Gasteiger partial charge in [-0.3, -0.25) is 0 Å². The number of nitrogens with one attached hydrogen (secondary N) is 2. The number of ether oxygens (including phenoxy) is 1. The largest absolute Gasteiger partial charge is 0.474 e. The highest BCUT2D eigenvalue weighted by molar-refractivity contribution is 7.80. The first-order valence-corrected chi connectivity index (χ1v) is 6.86. The molecule has 5 nitrogen and oxygen atoms in total. The molecule has 2 aromatic rings. The average molecular weight is 302 g/mol. The minimum absolute atomic E-state index is 0.322. The predicted octanol–water partition coefficient (Wildman–Crippen LogP) is 2.21. The summed E-state index contributed by atoms with van der Waals surface area (Å²) >= 11 is 4.87. The number of nitrogens with zero attached hydrogens (tertiary/aromatic N) is 1. The van der Waals surface area contributed by atoms with Gasteiger partial charge in [-0.25, -0.2) is 0 Å². The molecule has 0 saturated carbocycles. The highest BCUT2D eigenvalue weighted by Crippen LogP contribution is 2.13. The van der Waals surface area contributed by atoms with Crippen LogP contribution in [0.4, 0.5) is 5.69 Å². The SMILES string of the molecule is COC(=S)NC/C(N)=C/Nc1ccc(-n2cccc2)cc1. The van der Waals surface area contributed by atoms with Crippen molar-refractivity contribution in [3.05, 3.63) is 60.7 Å². The van der Waals surface area contributed by atoms with Crippen LogP contribution in [0.5, 0.6) is 0 Å². The lowest BCUT2D eigenvalue weighted by Crippen LogP contribution is -2.27. The summed E-state index contributed by atoms with van der Waals surface area (Å²) in [5, 5.41) is 6.33. The molecule has 2 rings (SSSR count). The lowest BCUT2D eigenvalue weighted by Gasteiger charge is -2.08. The molecule has 0 aliphatic heterocycles. The second kappa shape index (κ2) is 7.35. The van der Waals surface area contributed by atoms with E-state index in [4.69, 9.17) is 22.7 Å². The van der Waals surface area contributed by atoms with Crippen LogP contribution in [0.2, 0.25) is 0 Å². The summed E-state index contributed by atoms with van der Waals surface area (Å²) in [4.78, 5) is 0. The molecule has 4 N–H and O–H groups in total. The fourth-order valence-electron chi connectivity index (χ4n) is 1.71. The third kappa shape index (κ3) is 4.54. The highest BCUT2D eigenvalue weighted by atomic mass is 32.1. The number of hydrogen-bond acceptors (Lipinski definition) is 4. The van der Waals surface area contributed by atoms with Gasteiger partial charge >= 0.3 is 0 Å². The van der Waals surface area contributed by atoms with E-state index in [0.29, 0.717) is 17.4 Å². The van der Waals surface area contributed by atoms with Gasteiger partial charge in [0.15, 0.2) is 0 Å². The number of methoxy groups -OCH3 is 1. The van der Waals surface area contributed by atoms with Crippen molar-refractivity contribution in [1.82, 2.24) is 9.88 Å². The lowest BCUT2D eigenvalue weighted by molar-refractivity contribution is 0.395. The molecule has 0 saturated heterocycles. The third-order valence-corrected chi connectivity index (χ3v) is 3.13. The monoisotopic (exact) mass is 302 g/mol. The van der Waals surface area contributed by atoms with Gasteiger partial charge in [0.05, 0.1) is 13.7 Å². The van der Waals surface area contributed by atoms with E-state index in [2.05, 4.69) is 10.6 Å². The van der Waals surface area contributed by atoms with E-state index in [1.165, 1.54) is 7.11 Å². The summed E-state index contributed by atoms with van der Waals surface area (Å²) in [5.74, 6) is 0. The smallest absolute Gasteiger partial charge is 0.256 e. The van der Waals surface area contributed by atoms with Gasteiger partial charge in [0.25, 0.3) is 5.17 Å². The van der Waals surface area contributed by atoms with Crippen molar-refractivity contribution >= 4 is 23.1 Å². The van der Waals surface area contributed by atoms with E-state index >= 15 is 0 Å². The van der Waals surface area contributed by atoms with Crippen LogP contribution in [-0.4, -0.2) is 23.4 Å². The van der Waals surface area contributed by atoms with Crippen LogP contribution in [0.25, 0.3) is 5.69 Å². The van der Waals surface area contributed by atoms with Crippen LogP contribution in [0.15, 0.2) is 60.7 Å². The standard InChI is InChI=1S/C15H18N4OS/c1-20-15(21)18-11-12(16)10-17-13-4-6-14(7-5-13)19-8-2-3-9-19/h2-10,17H,11,16H2,1H3,(H,18,21)/b12-10-. The van der Waals surface area contributed by atoms with Crippen molar-refractivity contribution in [1.29, 1.82) is 0 Å². The Bertz CT molecular complexity index is 605. The summed E-state index contributed by atoms with van der Waals surface area (Å²) in [6.45, 7) is 0.432. The highest BCUT2D eigenvalue weighted by Gasteiger charge is 1.97. The molecular weight excluding hydrogens is 284 g/mol. The number of rotatable bonds is 5. The van der Waals surface area contributed by atoms with Crippen LogP contribution < -0.4 is 16.4 Å². The molecule has 0 radical (unpaired) electrons. The Morgan fingerprint density at radius 3 is 2.57 bits per heavy atom. The van der Waals surface area contributed by atoms with Gasteiger partial charge in [-0.2, -0.15) is 0 Å². The zero-order valence-electron chi connectivity index (χ0n) is 11.7. The molecule has 1 aromatic carbocycles. The third-order valence-electron chi connectivity index (χ3n) is 2.82. The van der Waals surface area contributed by atoms with Gasteiger partial charge in [0, 0.05) is 35.7 Å². The first kappa shape index (κ1) is 14.9. The molecule has 110 valence electrons. The van der Waals surface area contributed by atoms with Crippen LogP contribution in [-0.2, 0) is 4.74 Å². The van der Waals surface area contributed by atoms with Crippen molar-refractivity contribution < 1.29 is 4.74 Å². The molecule has 0 bridgehead atoms. The zero-order chi connectivity index (χ0) is 15.1. The number of benzene rings is 1. The number of hydrogen-bond donors (Lipinski definition) is 3. The molecule has 0 amide bonds. The van der Waals surface area contributed by atoms with E-state index in [-0.39, 0.29) is 0 Å². The van der Waals surface area contributed by atoms with E-state index in [9.17, 15) is 0 Å². The number of nitrogens with two attached hydrogens (primary N) is 1. The molecule has 1 heterocycles. The number of anilines is 1. The maximum atomic E-state index is 5.85. The van der Waals surface area contributed by atoms with Gasteiger partial charge in [-0.15, -0.1) is 0 Å².